The van der Waals surface area contributed by atoms with Crippen molar-refractivity contribution in [3.8, 4) is 0 Å². The number of carbonyl (C=O) groups is 1. The molecule has 0 aliphatic carbocycles. The third-order valence-electron chi connectivity index (χ3n) is 1.38. The van der Waals surface area contributed by atoms with E-state index in [1.807, 2.05) is 5.32 Å². The molecule has 0 unspecified atom stereocenters. The van der Waals surface area contributed by atoms with Crippen molar-refractivity contribution in [3.63, 3.8) is 0 Å². The highest BCUT2D eigenvalue weighted by atomic mass is 19.4. The van der Waals surface area contributed by atoms with Crippen LogP contribution in [0, 0.1) is 6.92 Å². The molecule has 1 aromatic rings. The first-order valence-corrected chi connectivity index (χ1v) is 4.24. The van der Waals surface area contributed by atoms with Crippen LogP contribution < -0.4 is 10.6 Å². The number of carbonyl (C=O) groups excluding carboxylic acids is 1. The summed E-state index contributed by atoms with van der Waals surface area (Å²) in [4.78, 5) is 14.7. The molecule has 16 heavy (non-hydrogen) atoms. The zero-order valence-electron chi connectivity index (χ0n) is 8.26. The second kappa shape index (κ2) is 4.92. The van der Waals surface area contributed by atoms with E-state index < -0.39 is 25.2 Å². The molecule has 0 saturated heterocycles. The molecule has 1 heterocycles. The monoisotopic (exact) mass is 238 g/mol. The Balaban J connectivity index is 2.26. The molecule has 0 spiro atoms. The van der Waals surface area contributed by atoms with Gasteiger partial charge in [-0.1, -0.05) is 5.16 Å². The SMILES string of the molecule is Cc1noc(NC(=O)CNCC(F)(F)F)n1. The fraction of sp³-hybridized carbons (Fsp3) is 0.571. The van der Waals surface area contributed by atoms with Crippen LogP contribution in [0.2, 0.25) is 0 Å². The van der Waals surface area contributed by atoms with E-state index in [-0.39, 0.29) is 6.01 Å². The second-order valence-electron chi connectivity index (χ2n) is 2.91. The van der Waals surface area contributed by atoms with Crippen LogP contribution in [0.4, 0.5) is 19.2 Å². The Hall–Kier alpha value is -1.64. The molecule has 0 bridgehead atoms. The number of anilines is 1. The van der Waals surface area contributed by atoms with Gasteiger partial charge in [-0.3, -0.25) is 10.1 Å². The van der Waals surface area contributed by atoms with Gasteiger partial charge in [-0.2, -0.15) is 18.2 Å². The average molecular weight is 238 g/mol. The van der Waals surface area contributed by atoms with E-state index in [4.69, 9.17) is 0 Å². The summed E-state index contributed by atoms with van der Waals surface area (Å²) in [6, 6.07) is -0.142. The smallest absolute Gasteiger partial charge is 0.315 e. The predicted molar refractivity (Wildman–Crippen MR) is 46.6 cm³/mol. The van der Waals surface area contributed by atoms with Crippen molar-refractivity contribution < 1.29 is 22.5 Å². The molecule has 0 aromatic carbocycles. The van der Waals surface area contributed by atoms with Gasteiger partial charge in [0.05, 0.1) is 13.1 Å². The molecule has 0 radical (unpaired) electrons. The summed E-state index contributed by atoms with van der Waals surface area (Å²) in [5, 5.41) is 7.45. The maximum atomic E-state index is 11.7. The van der Waals surface area contributed by atoms with Crippen LogP contribution >= 0.6 is 0 Å². The first-order chi connectivity index (χ1) is 7.37. The fourth-order valence-corrected chi connectivity index (χ4v) is 0.829. The highest BCUT2D eigenvalue weighted by Crippen LogP contribution is 2.11. The Morgan fingerprint density at radius 1 is 1.50 bits per heavy atom. The van der Waals surface area contributed by atoms with Crippen molar-refractivity contribution >= 4 is 11.9 Å². The predicted octanol–water partition coefficient (Wildman–Crippen LogP) is 0.468. The van der Waals surface area contributed by atoms with Crippen LogP contribution in [0.1, 0.15) is 5.82 Å². The van der Waals surface area contributed by atoms with Gasteiger partial charge in [-0.25, -0.2) is 0 Å². The summed E-state index contributed by atoms with van der Waals surface area (Å²) in [6.07, 6.45) is -4.35. The van der Waals surface area contributed by atoms with Gasteiger partial charge >= 0.3 is 12.2 Å². The number of nitrogens with one attached hydrogen (secondary N) is 2. The molecule has 0 saturated carbocycles. The highest BCUT2D eigenvalue weighted by Gasteiger charge is 2.26. The van der Waals surface area contributed by atoms with Crippen molar-refractivity contribution in [1.29, 1.82) is 0 Å². The van der Waals surface area contributed by atoms with E-state index >= 15 is 0 Å². The molecule has 90 valence electrons. The third-order valence-corrected chi connectivity index (χ3v) is 1.38. The Labute approximate surface area is 88.2 Å². The molecular weight excluding hydrogens is 229 g/mol. The Kier molecular flexibility index (Phi) is 3.82. The van der Waals surface area contributed by atoms with Gasteiger partial charge < -0.3 is 9.84 Å². The van der Waals surface area contributed by atoms with Gasteiger partial charge in [-0.05, 0) is 6.92 Å². The topological polar surface area (TPSA) is 80.0 Å². The number of hydrogen-bond donors (Lipinski definition) is 2. The molecule has 0 atom stereocenters. The maximum absolute atomic E-state index is 11.7. The summed E-state index contributed by atoms with van der Waals surface area (Å²) in [7, 11) is 0. The summed E-state index contributed by atoms with van der Waals surface area (Å²) >= 11 is 0. The van der Waals surface area contributed by atoms with Crippen molar-refractivity contribution in [2.24, 2.45) is 0 Å². The van der Waals surface area contributed by atoms with E-state index in [0.29, 0.717) is 5.82 Å². The lowest BCUT2D eigenvalue weighted by atomic mass is 10.5. The molecule has 1 aromatic heterocycles. The van der Waals surface area contributed by atoms with E-state index in [1.165, 1.54) is 0 Å². The zero-order valence-corrected chi connectivity index (χ0v) is 8.26. The number of hydrogen-bond acceptors (Lipinski definition) is 5. The Bertz CT molecular complexity index is 363. The lowest BCUT2D eigenvalue weighted by Gasteiger charge is -2.06. The minimum absolute atomic E-state index is 0.142. The fourth-order valence-electron chi connectivity index (χ4n) is 0.829. The van der Waals surface area contributed by atoms with Crippen molar-refractivity contribution in [2.75, 3.05) is 18.4 Å². The van der Waals surface area contributed by atoms with Crippen molar-refractivity contribution in [1.82, 2.24) is 15.5 Å². The van der Waals surface area contributed by atoms with Crippen molar-refractivity contribution in [3.05, 3.63) is 5.82 Å². The molecule has 6 nitrogen and oxygen atoms in total. The first-order valence-electron chi connectivity index (χ1n) is 4.24. The lowest BCUT2D eigenvalue weighted by Crippen LogP contribution is -2.35. The second-order valence-corrected chi connectivity index (χ2v) is 2.91. The molecule has 1 amide bonds. The van der Waals surface area contributed by atoms with Crippen LogP contribution in [-0.4, -0.2) is 35.3 Å². The van der Waals surface area contributed by atoms with E-state index in [9.17, 15) is 18.0 Å². The number of nitrogens with zero attached hydrogens (tertiary/aromatic N) is 2. The summed E-state index contributed by atoms with van der Waals surface area (Å²) in [6.45, 7) is -0.175. The minimum Gasteiger partial charge on any atom is -0.315 e. The standard InChI is InChI=1S/C7H9F3N4O2/c1-4-12-6(16-14-4)13-5(15)2-11-3-7(8,9)10/h11H,2-3H2,1H3,(H,12,13,14,15). The van der Waals surface area contributed by atoms with E-state index in [1.54, 1.807) is 6.92 Å². The van der Waals surface area contributed by atoms with Gasteiger partial charge in [0, 0.05) is 0 Å². The molecule has 0 aliphatic rings. The molecule has 1 rings (SSSR count). The minimum atomic E-state index is -4.35. The van der Waals surface area contributed by atoms with E-state index in [0.717, 1.165) is 0 Å². The van der Waals surface area contributed by atoms with Crippen molar-refractivity contribution in [2.45, 2.75) is 13.1 Å². The molecule has 0 aliphatic heterocycles. The van der Waals surface area contributed by atoms with Gasteiger partial charge in [0.15, 0.2) is 5.82 Å². The third kappa shape index (κ3) is 4.73. The van der Waals surface area contributed by atoms with Gasteiger partial charge in [0.1, 0.15) is 0 Å². The molecule has 2 N–H and O–H groups in total. The highest BCUT2D eigenvalue weighted by molar-refractivity contribution is 5.90. The average Bonchev–Trinajstić information content (AvgIpc) is 2.48. The first kappa shape index (κ1) is 12.4. The zero-order chi connectivity index (χ0) is 12.2. The maximum Gasteiger partial charge on any atom is 0.401 e. The lowest BCUT2D eigenvalue weighted by molar-refractivity contribution is -0.127. The van der Waals surface area contributed by atoms with Crippen LogP contribution in [0.25, 0.3) is 0 Å². The normalized spacial score (nSPS) is 11.5. The summed E-state index contributed by atoms with van der Waals surface area (Å²) in [5.41, 5.74) is 0. The Morgan fingerprint density at radius 3 is 2.69 bits per heavy atom. The van der Waals surface area contributed by atoms with Gasteiger partial charge in [-0.15, -0.1) is 0 Å². The van der Waals surface area contributed by atoms with Crippen LogP contribution in [0.3, 0.4) is 0 Å². The van der Waals surface area contributed by atoms with Gasteiger partial charge in [0.25, 0.3) is 0 Å². The largest absolute Gasteiger partial charge is 0.401 e. The summed E-state index contributed by atoms with van der Waals surface area (Å²) < 4.78 is 39.6. The van der Waals surface area contributed by atoms with Crippen LogP contribution in [-0.2, 0) is 4.79 Å². The molecule has 0 fully saturated rings. The number of rotatable bonds is 4. The Morgan fingerprint density at radius 2 is 2.19 bits per heavy atom. The van der Waals surface area contributed by atoms with E-state index in [2.05, 4.69) is 20.0 Å². The number of amides is 1. The van der Waals surface area contributed by atoms with Crippen LogP contribution in [0.15, 0.2) is 4.52 Å². The van der Waals surface area contributed by atoms with Crippen LogP contribution in [0.5, 0.6) is 0 Å². The number of aromatic nitrogens is 2. The number of halogens is 3. The molecule has 9 heteroatoms. The quantitative estimate of drug-likeness (QED) is 0.796. The summed E-state index contributed by atoms with van der Waals surface area (Å²) in [5.74, 6) is -0.369. The number of alkyl halides is 3. The number of aryl methyl sites for hydroxylation is 1. The molecular formula is C7H9F3N4O2. The van der Waals surface area contributed by atoms with Gasteiger partial charge in [0.2, 0.25) is 5.91 Å².